The summed E-state index contributed by atoms with van der Waals surface area (Å²) in [5.41, 5.74) is 0. The molecule has 1 aromatic rings. The minimum absolute atomic E-state index is 0.0841. The van der Waals surface area contributed by atoms with Crippen LogP contribution in [0.25, 0.3) is 0 Å². The van der Waals surface area contributed by atoms with Gasteiger partial charge in [-0.05, 0) is 24.5 Å². The van der Waals surface area contributed by atoms with Gasteiger partial charge in [0.05, 0.1) is 6.04 Å². The minimum Gasteiger partial charge on any atom is -0.343 e. The molecule has 84 valence electrons. The second kappa shape index (κ2) is 4.88. The molecule has 1 fully saturated rings. The average Bonchev–Trinajstić information content (AvgIpc) is 3.13. The van der Waals surface area contributed by atoms with Gasteiger partial charge in [0.15, 0.2) is 0 Å². The summed E-state index contributed by atoms with van der Waals surface area (Å²) in [6.45, 7) is 3.45. The molecule has 1 saturated carbocycles. The quantitative estimate of drug-likeness (QED) is 0.762. The molecule has 0 spiro atoms. The lowest BCUT2D eigenvalue weighted by Crippen LogP contribution is -2.28. The van der Waals surface area contributed by atoms with Crippen LogP contribution in [0.3, 0.4) is 0 Å². The molecule has 4 nitrogen and oxygen atoms in total. The number of hydrogen-bond donors (Lipinski definition) is 1. The Kier molecular flexibility index (Phi) is 3.29. The Morgan fingerprint density at radius 2 is 2.25 bits per heavy atom. The van der Waals surface area contributed by atoms with Gasteiger partial charge in [-0.25, -0.2) is 9.97 Å². The first-order chi connectivity index (χ1) is 7.79. The van der Waals surface area contributed by atoms with Crippen molar-refractivity contribution >= 4 is 5.91 Å². The minimum atomic E-state index is -0.168. The Bertz CT molecular complexity index is 373. The maximum Gasteiger partial charge on any atom is 0.243 e. The normalized spacial score (nSPS) is 16.5. The molecular formula is C12H15N3O. The molecule has 0 saturated heterocycles. The topological polar surface area (TPSA) is 54.9 Å². The largest absolute Gasteiger partial charge is 0.343 e. The van der Waals surface area contributed by atoms with Crippen molar-refractivity contribution in [1.82, 2.24) is 15.3 Å². The van der Waals surface area contributed by atoms with Crippen molar-refractivity contribution in [2.75, 3.05) is 0 Å². The highest BCUT2D eigenvalue weighted by Gasteiger charge is 2.28. The van der Waals surface area contributed by atoms with E-state index >= 15 is 0 Å². The fourth-order valence-electron chi connectivity index (χ4n) is 1.64. The Morgan fingerprint density at radius 3 is 2.81 bits per heavy atom. The molecule has 1 N–H and O–H groups in total. The third kappa shape index (κ3) is 2.89. The van der Waals surface area contributed by atoms with Gasteiger partial charge in [0.25, 0.3) is 0 Å². The Morgan fingerprint density at radius 1 is 1.56 bits per heavy atom. The second-order valence-corrected chi connectivity index (χ2v) is 4.05. The number of carbonyl (C=O) groups excluding carboxylic acids is 1. The Labute approximate surface area is 94.8 Å². The van der Waals surface area contributed by atoms with E-state index in [4.69, 9.17) is 0 Å². The van der Waals surface area contributed by atoms with Crippen LogP contribution in [0.1, 0.15) is 31.1 Å². The van der Waals surface area contributed by atoms with Gasteiger partial charge in [-0.1, -0.05) is 19.4 Å². The highest BCUT2D eigenvalue weighted by molar-refractivity contribution is 5.87. The lowest BCUT2D eigenvalue weighted by Gasteiger charge is -2.15. The number of rotatable bonds is 5. The van der Waals surface area contributed by atoms with Crippen molar-refractivity contribution in [3.8, 4) is 0 Å². The van der Waals surface area contributed by atoms with E-state index < -0.39 is 0 Å². The summed E-state index contributed by atoms with van der Waals surface area (Å²) in [4.78, 5) is 19.7. The van der Waals surface area contributed by atoms with Gasteiger partial charge >= 0.3 is 0 Å². The first-order valence-electron chi connectivity index (χ1n) is 5.49. The van der Waals surface area contributed by atoms with E-state index in [1.807, 2.05) is 0 Å². The maximum absolute atomic E-state index is 11.3. The number of nitrogens with one attached hydrogen (secondary N) is 1. The predicted molar refractivity (Wildman–Crippen MR) is 60.5 cm³/mol. The first kappa shape index (κ1) is 10.8. The average molecular weight is 217 g/mol. The van der Waals surface area contributed by atoms with E-state index in [1.165, 1.54) is 18.9 Å². The molecule has 16 heavy (non-hydrogen) atoms. The van der Waals surface area contributed by atoms with Gasteiger partial charge in [-0.3, -0.25) is 4.79 Å². The second-order valence-electron chi connectivity index (χ2n) is 4.05. The van der Waals surface area contributed by atoms with Crippen LogP contribution in [0.2, 0.25) is 0 Å². The summed E-state index contributed by atoms with van der Waals surface area (Å²) in [5, 5.41) is 2.87. The van der Waals surface area contributed by atoms with Crippen molar-refractivity contribution in [3.63, 3.8) is 0 Å². The van der Waals surface area contributed by atoms with Crippen molar-refractivity contribution in [1.29, 1.82) is 0 Å². The van der Waals surface area contributed by atoms with Crippen LogP contribution < -0.4 is 5.32 Å². The molecule has 1 aromatic heterocycles. The summed E-state index contributed by atoms with van der Waals surface area (Å²) in [7, 11) is 0. The zero-order valence-corrected chi connectivity index (χ0v) is 9.10. The SMILES string of the molecule is C=CC(=O)NC(CC1CC1)c1ncccn1. The lowest BCUT2D eigenvalue weighted by molar-refractivity contribution is -0.117. The Hall–Kier alpha value is -1.71. The third-order valence-corrected chi connectivity index (χ3v) is 2.67. The van der Waals surface area contributed by atoms with Gasteiger partial charge in [-0.2, -0.15) is 0 Å². The van der Waals surface area contributed by atoms with Gasteiger partial charge in [0, 0.05) is 12.4 Å². The molecule has 1 unspecified atom stereocenters. The molecule has 2 rings (SSSR count). The van der Waals surface area contributed by atoms with Crippen LogP contribution in [0.15, 0.2) is 31.1 Å². The predicted octanol–water partition coefficient (Wildman–Crippen LogP) is 1.62. The molecule has 0 aliphatic heterocycles. The number of amides is 1. The lowest BCUT2D eigenvalue weighted by atomic mass is 10.1. The fraction of sp³-hybridized carbons (Fsp3) is 0.417. The number of carbonyl (C=O) groups is 1. The maximum atomic E-state index is 11.3. The van der Waals surface area contributed by atoms with Crippen LogP contribution >= 0.6 is 0 Å². The standard InChI is InChI=1S/C12H15N3O/c1-2-11(16)15-10(8-9-4-5-9)12-13-6-3-7-14-12/h2-3,6-7,9-10H,1,4-5,8H2,(H,15,16). The third-order valence-electron chi connectivity index (χ3n) is 2.67. The molecule has 1 aliphatic carbocycles. The van der Waals surface area contributed by atoms with E-state index in [-0.39, 0.29) is 11.9 Å². The molecular weight excluding hydrogens is 202 g/mol. The van der Waals surface area contributed by atoms with Crippen molar-refractivity contribution in [3.05, 3.63) is 36.9 Å². The summed E-state index contributed by atoms with van der Waals surface area (Å²) < 4.78 is 0. The summed E-state index contributed by atoms with van der Waals surface area (Å²) in [6, 6.07) is 1.69. The zero-order valence-electron chi connectivity index (χ0n) is 9.10. The molecule has 1 heterocycles. The fourth-order valence-corrected chi connectivity index (χ4v) is 1.64. The van der Waals surface area contributed by atoms with Gasteiger partial charge in [-0.15, -0.1) is 0 Å². The first-order valence-corrected chi connectivity index (χ1v) is 5.49. The molecule has 0 radical (unpaired) electrons. The molecule has 0 aromatic carbocycles. The molecule has 1 aliphatic rings. The van der Waals surface area contributed by atoms with Gasteiger partial charge in [0.1, 0.15) is 5.82 Å². The smallest absolute Gasteiger partial charge is 0.243 e. The monoisotopic (exact) mass is 217 g/mol. The summed E-state index contributed by atoms with van der Waals surface area (Å²) in [5.74, 6) is 1.22. The molecule has 4 heteroatoms. The van der Waals surface area contributed by atoms with Gasteiger partial charge < -0.3 is 5.32 Å². The summed E-state index contributed by atoms with van der Waals surface area (Å²) in [6.07, 6.45) is 8.08. The van der Waals surface area contributed by atoms with Crippen LogP contribution in [0.4, 0.5) is 0 Å². The Balaban J connectivity index is 2.06. The number of hydrogen-bond acceptors (Lipinski definition) is 3. The molecule has 1 atom stereocenters. The van der Waals surface area contributed by atoms with E-state index in [9.17, 15) is 4.79 Å². The van der Waals surface area contributed by atoms with Crippen molar-refractivity contribution in [2.45, 2.75) is 25.3 Å². The van der Waals surface area contributed by atoms with Crippen molar-refractivity contribution < 1.29 is 4.79 Å². The molecule has 0 bridgehead atoms. The highest BCUT2D eigenvalue weighted by Crippen LogP contribution is 2.36. The van der Waals surface area contributed by atoms with Crippen LogP contribution in [-0.2, 0) is 4.79 Å². The summed E-state index contributed by atoms with van der Waals surface area (Å²) >= 11 is 0. The van der Waals surface area contributed by atoms with E-state index in [2.05, 4.69) is 21.9 Å². The van der Waals surface area contributed by atoms with E-state index in [0.717, 1.165) is 6.42 Å². The van der Waals surface area contributed by atoms with Gasteiger partial charge in [0.2, 0.25) is 5.91 Å². The van der Waals surface area contributed by atoms with Crippen molar-refractivity contribution in [2.24, 2.45) is 5.92 Å². The van der Waals surface area contributed by atoms with E-state index in [1.54, 1.807) is 18.5 Å². The van der Waals surface area contributed by atoms with Crippen LogP contribution in [-0.4, -0.2) is 15.9 Å². The zero-order chi connectivity index (χ0) is 11.4. The van der Waals surface area contributed by atoms with Crippen LogP contribution in [0, 0.1) is 5.92 Å². The highest BCUT2D eigenvalue weighted by atomic mass is 16.1. The van der Waals surface area contributed by atoms with Crippen LogP contribution in [0.5, 0.6) is 0 Å². The number of nitrogens with zero attached hydrogens (tertiary/aromatic N) is 2. The molecule has 1 amide bonds. The number of aromatic nitrogens is 2. The van der Waals surface area contributed by atoms with E-state index in [0.29, 0.717) is 11.7 Å².